The molecule has 0 saturated carbocycles. The monoisotopic (exact) mass is 488 g/mol. The van der Waals surface area contributed by atoms with E-state index in [1.54, 1.807) is 0 Å². The van der Waals surface area contributed by atoms with Crippen molar-refractivity contribution in [2.45, 2.75) is 38.3 Å². The molecule has 5 rings (SSSR count). The Morgan fingerprint density at radius 2 is 1.51 bits per heavy atom. The Morgan fingerprint density at radius 1 is 0.886 bits per heavy atom. The van der Waals surface area contributed by atoms with E-state index in [-0.39, 0.29) is 30.1 Å². The van der Waals surface area contributed by atoms with Crippen LogP contribution in [0.2, 0.25) is 5.04 Å². The van der Waals surface area contributed by atoms with Crippen molar-refractivity contribution in [2.75, 3.05) is 20.0 Å². The first-order valence-corrected chi connectivity index (χ1v) is 14.1. The largest absolute Gasteiger partial charge is 0.454 e. The van der Waals surface area contributed by atoms with Gasteiger partial charge in [-0.3, -0.25) is 4.79 Å². The Balaban J connectivity index is 1.36. The van der Waals surface area contributed by atoms with Gasteiger partial charge >= 0.3 is 0 Å². The molecule has 0 unspecified atom stereocenters. The number of hydrogen-bond acceptors (Lipinski definition) is 5. The van der Waals surface area contributed by atoms with E-state index >= 15 is 0 Å². The number of benzene rings is 3. The summed E-state index contributed by atoms with van der Waals surface area (Å²) in [5, 5.41) is 2.24. The Hall–Kier alpha value is -2.93. The second-order valence-corrected chi connectivity index (χ2v) is 14.6. The topological polar surface area (TPSA) is 54.0 Å². The number of fused-ring (bicyclic) bond motifs is 1. The molecular formula is C29H32O5Si. The van der Waals surface area contributed by atoms with Crippen molar-refractivity contribution < 1.29 is 23.4 Å². The molecule has 0 aromatic heterocycles. The maximum atomic E-state index is 13.3. The summed E-state index contributed by atoms with van der Waals surface area (Å²) >= 11 is 0. The molecule has 3 aromatic rings. The van der Waals surface area contributed by atoms with Crippen molar-refractivity contribution in [3.8, 4) is 11.5 Å². The summed E-state index contributed by atoms with van der Waals surface area (Å²) in [7, 11) is -2.72. The van der Waals surface area contributed by atoms with Crippen LogP contribution in [0.5, 0.6) is 11.5 Å². The third-order valence-electron chi connectivity index (χ3n) is 7.01. The number of carbonyl (C=O) groups is 1. The van der Waals surface area contributed by atoms with Crippen molar-refractivity contribution in [1.29, 1.82) is 0 Å². The van der Waals surface area contributed by atoms with Gasteiger partial charge in [-0.25, -0.2) is 0 Å². The fourth-order valence-electron chi connectivity index (χ4n) is 5.26. The van der Waals surface area contributed by atoms with E-state index in [0.717, 1.165) is 17.1 Å². The second-order valence-electron chi connectivity index (χ2n) is 10.3. The minimum absolute atomic E-state index is 0.112. The van der Waals surface area contributed by atoms with Crippen LogP contribution < -0.4 is 19.8 Å². The molecule has 0 aliphatic carbocycles. The molecule has 35 heavy (non-hydrogen) atoms. The molecule has 3 aromatic carbocycles. The van der Waals surface area contributed by atoms with Crippen LogP contribution in [0.1, 0.15) is 26.3 Å². The predicted octanol–water partition coefficient (Wildman–Crippen LogP) is 4.12. The molecule has 2 aliphatic heterocycles. The predicted molar refractivity (Wildman–Crippen MR) is 138 cm³/mol. The SMILES string of the molecule is CC(C)(C)[Si](OC[C@@H]1OC[C@H](Cc2ccc3c(c2)OCO3)C1=O)(c1ccccc1)c1ccccc1. The van der Waals surface area contributed by atoms with Crippen LogP contribution in [0.15, 0.2) is 78.9 Å². The summed E-state index contributed by atoms with van der Waals surface area (Å²) in [4.78, 5) is 13.3. The van der Waals surface area contributed by atoms with E-state index < -0.39 is 14.4 Å². The van der Waals surface area contributed by atoms with E-state index in [1.807, 2.05) is 30.3 Å². The number of ether oxygens (including phenoxy) is 3. The highest BCUT2D eigenvalue weighted by Gasteiger charge is 2.51. The van der Waals surface area contributed by atoms with E-state index in [2.05, 4.69) is 69.3 Å². The molecule has 182 valence electrons. The zero-order valence-electron chi connectivity index (χ0n) is 20.5. The summed E-state index contributed by atoms with van der Waals surface area (Å²) in [5.41, 5.74) is 1.05. The van der Waals surface area contributed by atoms with Gasteiger partial charge < -0.3 is 18.6 Å². The van der Waals surface area contributed by atoms with Crippen LogP contribution in [0, 0.1) is 5.92 Å². The van der Waals surface area contributed by atoms with Crippen LogP contribution in [0.25, 0.3) is 0 Å². The van der Waals surface area contributed by atoms with Crippen LogP contribution in [-0.2, 0) is 20.4 Å². The quantitative estimate of drug-likeness (QED) is 0.469. The Kier molecular flexibility index (Phi) is 6.53. The molecule has 0 N–H and O–H groups in total. The molecule has 0 bridgehead atoms. The van der Waals surface area contributed by atoms with Crippen LogP contribution in [0.4, 0.5) is 0 Å². The van der Waals surface area contributed by atoms with Crippen molar-refractivity contribution in [2.24, 2.45) is 5.92 Å². The number of hydrogen-bond donors (Lipinski definition) is 0. The molecule has 0 radical (unpaired) electrons. The van der Waals surface area contributed by atoms with Crippen LogP contribution >= 0.6 is 0 Å². The Morgan fingerprint density at radius 3 is 2.14 bits per heavy atom. The highest BCUT2D eigenvalue weighted by atomic mass is 28.4. The fraction of sp³-hybridized carbons (Fsp3) is 0.345. The fourth-order valence-corrected chi connectivity index (χ4v) is 9.82. The van der Waals surface area contributed by atoms with Gasteiger partial charge in [0.25, 0.3) is 8.32 Å². The Bertz CT molecular complexity index is 1130. The first kappa shape index (κ1) is 23.8. The van der Waals surface area contributed by atoms with E-state index in [0.29, 0.717) is 13.0 Å². The normalized spacial score (nSPS) is 19.8. The van der Waals surface area contributed by atoms with Crippen LogP contribution in [0.3, 0.4) is 0 Å². The van der Waals surface area contributed by atoms with E-state index in [4.69, 9.17) is 18.6 Å². The number of Topliss-reactive ketones (excluding diaryl/α,β-unsaturated/α-hetero) is 1. The lowest BCUT2D eigenvalue weighted by Crippen LogP contribution is -2.67. The zero-order valence-corrected chi connectivity index (χ0v) is 21.5. The number of rotatable bonds is 7. The first-order chi connectivity index (χ1) is 16.9. The van der Waals surface area contributed by atoms with Gasteiger partial charge in [-0.1, -0.05) is 87.5 Å². The molecule has 0 spiro atoms. The molecule has 2 heterocycles. The average molecular weight is 489 g/mol. The molecule has 1 saturated heterocycles. The van der Waals surface area contributed by atoms with Gasteiger partial charge in [0.2, 0.25) is 6.79 Å². The summed E-state index contributed by atoms with van der Waals surface area (Å²) in [5.74, 6) is 1.41. The molecule has 6 heteroatoms. The molecular weight excluding hydrogens is 456 g/mol. The van der Waals surface area contributed by atoms with Gasteiger partial charge in [-0.15, -0.1) is 0 Å². The minimum atomic E-state index is -2.72. The number of carbonyl (C=O) groups excluding carboxylic acids is 1. The number of ketones is 1. The van der Waals surface area contributed by atoms with Gasteiger partial charge in [0.05, 0.1) is 13.2 Å². The highest BCUT2D eigenvalue weighted by molar-refractivity contribution is 6.99. The third kappa shape index (κ3) is 4.54. The first-order valence-electron chi connectivity index (χ1n) is 12.2. The minimum Gasteiger partial charge on any atom is -0.454 e. The summed E-state index contributed by atoms with van der Waals surface area (Å²) < 4.78 is 23.8. The summed E-state index contributed by atoms with van der Waals surface area (Å²) in [6, 6.07) is 26.8. The zero-order chi connectivity index (χ0) is 24.5. The Labute approximate surface area is 208 Å². The van der Waals surface area contributed by atoms with Crippen LogP contribution in [-0.4, -0.2) is 40.2 Å². The summed E-state index contributed by atoms with van der Waals surface area (Å²) in [6.45, 7) is 7.61. The molecule has 2 atom stereocenters. The third-order valence-corrected chi connectivity index (χ3v) is 12.0. The van der Waals surface area contributed by atoms with Crippen molar-refractivity contribution >= 4 is 24.5 Å². The lowest BCUT2D eigenvalue weighted by atomic mass is 9.95. The van der Waals surface area contributed by atoms with Crippen molar-refractivity contribution in [3.63, 3.8) is 0 Å². The molecule has 0 amide bonds. The van der Waals surface area contributed by atoms with Gasteiger partial charge in [0.1, 0.15) is 6.10 Å². The van der Waals surface area contributed by atoms with Gasteiger partial charge in [-0.05, 0) is 39.5 Å². The maximum Gasteiger partial charge on any atom is 0.261 e. The molecule has 2 aliphatic rings. The average Bonchev–Trinajstić information content (AvgIpc) is 3.46. The van der Waals surface area contributed by atoms with Gasteiger partial charge in [0.15, 0.2) is 17.3 Å². The maximum absolute atomic E-state index is 13.3. The standard InChI is InChI=1S/C29H32O5Si/c1-29(2,3)35(23-10-6-4-7-11-23,24-12-8-5-9-13-24)34-19-27-28(30)22(18-31-27)16-21-14-15-25-26(17-21)33-20-32-25/h4-15,17,22,27H,16,18-20H2,1-3H3/t22-,27-/m0/s1. The molecule has 5 nitrogen and oxygen atoms in total. The van der Waals surface area contributed by atoms with Gasteiger partial charge in [-0.2, -0.15) is 0 Å². The van der Waals surface area contributed by atoms with Crippen molar-refractivity contribution in [3.05, 3.63) is 84.4 Å². The van der Waals surface area contributed by atoms with Gasteiger partial charge in [0, 0.05) is 5.92 Å². The highest BCUT2D eigenvalue weighted by Crippen LogP contribution is 2.38. The van der Waals surface area contributed by atoms with E-state index in [9.17, 15) is 4.79 Å². The lowest BCUT2D eigenvalue weighted by molar-refractivity contribution is -0.125. The lowest BCUT2D eigenvalue weighted by Gasteiger charge is -2.43. The molecule has 1 fully saturated rings. The second kappa shape index (κ2) is 9.61. The van der Waals surface area contributed by atoms with Crippen molar-refractivity contribution in [1.82, 2.24) is 0 Å². The summed E-state index contributed by atoms with van der Waals surface area (Å²) in [6.07, 6.45) is 0.0567. The smallest absolute Gasteiger partial charge is 0.261 e. The van der Waals surface area contributed by atoms with E-state index in [1.165, 1.54) is 10.4 Å².